The molecular formula is C19H15N3O3. The average molecular weight is 333 g/mol. The largest absolute Gasteiger partial charge is 0.494 e. The molecule has 0 fully saturated rings. The second-order valence-electron chi connectivity index (χ2n) is 6.07. The Hall–Kier alpha value is -3.41. The normalized spacial score (nSPS) is 12.6. The van der Waals surface area contributed by atoms with Crippen LogP contribution in [0.5, 0.6) is 5.88 Å². The predicted molar refractivity (Wildman–Crippen MR) is 94.7 cm³/mol. The van der Waals surface area contributed by atoms with Crippen LogP contribution in [0.3, 0.4) is 0 Å². The van der Waals surface area contributed by atoms with E-state index in [0.717, 1.165) is 38.5 Å². The number of hydrogen-bond donors (Lipinski definition) is 3. The van der Waals surface area contributed by atoms with E-state index in [9.17, 15) is 14.7 Å². The van der Waals surface area contributed by atoms with Crippen molar-refractivity contribution in [2.75, 3.05) is 0 Å². The van der Waals surface area contributed by atoms with Crippen molar-refractivity contribution >= 4 is 11.8 Å². The minimum Gasteiger partial charge on any atom is -0.494 e. The molecule has 1 aromatic heterocycles. The molecule has 2 heterocycles. The molecule has 0 atom stereocenters. The minimum absolute atomic E-state index is 0.0222. The van der Waals surface area contributed by atoms with Crippen LogP contribution in [0.25, 0.3) is 17.2 Å². The van der Waals surface area contributed by atoms with Gasteiger partial charge in [0.2, 0.25) is 5.88 Å². The van der Waals surface area contributed by atoms with Crippen LogP contribution >= 0.6 is 0 Å². The van der Waals surface area contributed by atoms with Gasteiger partial charge in [-0.05, 0) is 48.4 Å². The molecule has 3 aromatic rings. The van der Waals surface area contributed by atoms with E-state index in [0.29, 0.717) is 0 Å². The number of nitrogens with one attached hydrogen (secondary N) is 2. The first-order chi connectivity index (χ1) is 12.0. The van der Waals surface area contributed by atoms with Crippen LogP contribution in [-0.2, 0) is 0 Å². The predicted octanol–water partition coefficient (Wildman–Crippen LogP) is 1.15. The van der Waals surface area contributed by atoms with E-state index in [1.807, 2.05) is 44.2 Å². The molecule has 0 spiro atoms. The highest BCUT2D eigenvalue weighted by Gasteiger charge is 2.17. The number of nitrogens with zero attached hydrogens (tertiary/aromatic N) is 1. The lowest BCUT2D eigenvalue weighted by atomic mass is 9.95. The molecule has 0 bridgehead atoms. The van der Waals surface area contributed by atoms with Gasteiger partial charge in [0.25, 0.3) is 5.56 Å². The van der Waals surface area contributed by atoms with Gasteiger partial charge in [0.1, 0.15) is 5.56 Å². The van der Waals surface area contributed by atoms with Crippen molar-refractivity contribution in [3.63, 3.8) is 0 Å². The summed E-state index contributed by atoms with van der Waals surface area (Å²) in [5.74, 6) is -0.446. The van der Waals surface area contributed by atoms with Gasteiger partial charge < -0.3 is 5.11 Å². The Morgan fingerprint density at radius 3 is 2.64 bits per heavy atom. The first kappa shape index (κ1) is 15.1. The Morgan fingerprint density at radius 2 is 1.88 bits per heavy atom. The Labute approximate surface area is 141 Å². The molecule has 0 saturated heterocycles. The fraction of sp³-hybridized carbons (Fsp3) is 0.105. The zero-order valence-electron chi connectivity index (χ0n) is 13.7. The van der Waals surface area contributed by atoms with Crippen LogP contribution in [-0.4, -0.2) is 15.1 Å². The molecule has 6 nitrogen and oxygen atoms in total. The minimum atomic E-state index is -0.741. The van der Waals surface area contributed by atoms with Crippen molar-refractivity contribution < 1.29 is 5.11 Å². The number of aromatic nitrogens is 2. The molecule has 3 N–H and O–H groups in total. The van der Waals surface area contributed by atoms with Gasteiger partial charge in [-0.15, -0.1) is 0 Å². The van der Waals surface area contributed by atoms with Crippen LogP contribution < -0.4 is 21.8 Å². The third-order valence-corrected chi connectivity index (χ3v) is 4.47. The van der Waals surface area contributed by atoms with Gasteiger partial charge in [-0.25, -0.2) is 9.79 Å². The summed E-state index contributed by atoms with van der Waals surface area (Å²) in [5, 5.41) is 11.7. The number of aryl methyl sites for hydroxylation is 1. The lowest BCUT2D eigenvalue weighted by molar-refractivity contribution is 0.447. The molecule has 25 heavy (non-hydrogen) atoms. The lowest BCUT2D eigenvalue weighted by Gasteiger charge is -2.07. The van der Waals surface area contributed by atoms with Crippen LogP contribution in [0.4, 0.5) is 5.69 Å². The third-order valence-electron chi connectivity index (χ3n) is 4.47. The number of benzene rings is 2. The Kier molecular flexibility index (Phi) is 3.21. The summed E-state index contributed by atoms with van der Waals surface area (Å²) in [6, 6.07) is 9.85. The Balaban J connectivity index is 2.07. The van der Waals surface area contributed by atoms with Crippen molar-refractivity contribution in [1.29, 1.82) is 0 Å². The van der Waals surface area contributed by atoms with E-state index in [1.165, 1.54) is 0 Å². The summed E-state index contributed by atoms with van der Waals surface area (Å²) in [6.07, 6.45) is 1.59. The zero-order chi connectivity index (χ0) is 17.7. The van der Waals surface area contributed by atoms with Gasteiger partial charge in [0.15, 0.2) is 0 Å². The first-order valence-electron chi connectivity index (χ1n) is 7.81. The van der Waals surface area contributed by atoms with Crippen molar-refractivity contribution in [1.82, 2.24) is 9.97 Å². The summed E-state index contributed by atoms with van der Waals surface area (Å²) in [4.78, 5) is 32.3. The second-order valence-corrected chi connectivity index (χ2v) is 6.07. The van der Waals surface area contributed by atoms with Gasteiger partial charge >= 0.3 is 5.69 Å². The van der Waals surface area contributed by atoms with Gasteiger partial charge in [-0.2, -0.15) is 0 Å². The summed E-state index contributed by atoms with van der Waals surface area (Å²) in [6.45, 7) is 3.89. The maximum Gasteiger partial charge on any atom is 0.328 e. The molecule has 0 saturated carbocycles. The van der Waals surface area contributed by atoms with E-state index in [2.05, 4.69) is 15.0 Å². The number of para-hydroxylation sites is 1. The van der Waals surface area contributed by atoms with E-state index >= 15 is 0 Å². The summed E-state index contributed by atoms with van der Waals surface area (Å²) in [5.41, 5.74) is 3.53. The smallest absolute Gasteiger partial charge is 0.328 e. The lowest BCUT2D eigenvalue weighted by Crippen LogP contribution is -2.25. The molecule has 124 valence electrons. The van der Waals surface area contributed by atoms with Gasteiger partial charge in [-0.1, -0.05) is 18.2 Å². The number of H-pyrrole nitrogens is 2. The average Bonchev–Trinajstić information content (AvgIpc) is 2.91. The van der Waals surface area contributed by atoms with Crippen molar-refractivity contribution in [3.8, 4) is 17.0 Å². The van der Waals surface area contributed by atoms with E-state index in [1.54, 1.807) is 6.08 Å². The third kappa shape index (κ3) is 2.30. The molecular weight excluding hydrogens is 318 g/mol. The fourth-order valence-electron chi connectivity index (χ4n) is 3.30. The van der Waals surface area contributed by atoms with Crippen molar-refractivity contribution in [3.05, 3.63) is 78.4 Å². The van der Waals surface area contributed by atoms with Crippen LogP contribution in [0, 0.1) is 13.8 Å². The van der Waals surface area contributed by atoms with Crippen molar-refractivity contribution in [2.45, 2.75) is 13.8 Å². The van der Waals surface area contributed by atoms with Gasteiger partial charge in [0, 0.05) is 11.1 Å². The maximum atomic E-state index is 12.0. The number of rotatable bonds is 1. The molecule has 6 heteroatoms. The molecule has 0 unspecified atom stereocenters. The number of aromatic amines is 2. The van der Waals surface area contributed by atoms with E-state index < -0.39 is 17.1 Å². The first-order valence-corrected chi connectivity index (χ1v) is 7.81. The number of hydrogen-bond acceptors (Lipinski definition) is 4. The Bertz CT molecular complexity index is 1270. The summed E-state index contributed by atoms with van der Waals surface area (Å²) >= 11 is 0. The second kappa shape index (κ2) is 5.31. The highest BCUT2D eigenvalue weighted by atomic mass is 16.3. The highest BCUT2D eigenvalue weighted by molar-refractivity contribution is 5.82. The number of fused-ring (bicyclic) bond motifs is 3. The maximum absolute atomic E-state index is 12.0. The molecule has 1 aliphatic rings. The molecule has 2 aromatic carbocycles. The topological polar surface area (TPSA) is 98.3 Å². The molecule has 1 aliphatic heterocycles. The van der Waals surface area contributed by atoms with Gasteiger partial charge in [-0.3, -0.25) is 14.8 Å². The molecule has 0 radical (unpaired) electrons. The SMILES string of the molecule is Cc1cc2c(c(C)/c1=C\c1c(O)[nH]c(=O)[nH]c1=O)-c1ccccc1N=2. The van der Waals surface area contributed by atoms with E-state index in [4.69, 9.17) is 0 Å². The molecule has 4 rings (SSSR count). The number of aromatic hydroxyl groups is 1. The van der Waals surface area contributed by atoms with Crippen LogP contribution in [0.2, 0.25) is 0 Å². The fourth-order valence-corrected chi connectivity index (χ4v) is 3.30. The quantitative estimate of drug-likeness (QED) is 0.487. The summed E-state index contributed by atoms with van der Waals surface area (Å²) in [7, 11) is 0. The van der Waals surface area contributed by atoms with Crippen LogP contribution in [0.1, 0.15) is 16.7 Å². The molecule has 0 amide bonds. The zero-order valence-corrected chi connectivity index (χ0v) is 13.7. The van der Waals surface area contributed by atoms with Crippen molar-refractivity contribution in [2.24, 2.45) is 4.99 Å². The van der Waals surface area contributed by atoms with E-state index in [-0.39, 0.29) is 5.56 Å². The molecule has 0 aliphatic carbocycles. The summed E-state index contributed by atoms with van der Waals surface area (Å²) < 4.78 is 0. The van der Waals surface area contributed by atoms with Gasteiger partial charge in [0.05, 0.1) is 11.0 Å². The standard InChI is InChI=1S/C19H15N3O3/c1-9-7-15-16(11-5-3-4-6-14(11)20-15)10(2)12(9)8-13-17(23)21-19(25)22-18(13)24/h3-8H,1-2H3,(H3,21,22,23,24,25)/b12-8-. The Morgan fingerprint density at radius 1 is 1.12 bits per heavy atom. The van der Waals surface area contributed by atoms with Crippen LogP contribution in [0.15, 0.2) is 44.9 Å². The highest BCUT2D eigenvalue weighted by Crippen LogP contribution is 2.33. The monoisotopic (exact) mass is 333 g/mol.